The Labute approximate surface area is 116 Å². The topological polar surface area (TPSA) is 86.7 Å². The molecule has 0 rings (SSSR count). The van der Waals surface area contributed by atoms with E-state index in [0.717, 1.165) is 6.92 Å². The van der Waals surface area contributed by atoms with Crippen LogP contribution < -0.4 is 0 Å². The first-order valence-corrected chi connectivity index (χ1v) is 8.16. The fraction of sp³-hybridized carbons (Fsp3) is 1.00. The summed E-state index contributed by atoms with van der Waals surface area (Å²) >= 11 is 0. The van der Waals surface area contributed by atoms with Gasteiger partial charge in [-0.1, -0.05) is 6.92 Å². The van der Waals surface area contributed by atoms with Crippen LogP contribution in [0.3, 0.4) is 0 Å². The molecule has 128 valence electrons. The van der Waals surface area contributed by atoms with Crippen LogP contribution in [-0.2, 0) is 28.6 Å². The zero-order valence-corrected chi connectivity index (χ0v) is 11.9. The van der Waals surface area contributed by atoms with Crippen molar-refractivity contribution < 1.29 is 51.5 Å². The zero-order chi connectivity index (χ0) is 17.1. The maximum Gasteiger partial charge on any atom is 0.405 e. The summed E-state index contributed by atoms with van der Waals surface area (Å²) < 4.78 is 123. The van der Waals surface area contributed by atoms with E-state index in [-0.39, 0.29) is 0 Å². The minimum atomic E-state index is -5.26. The molecule has 0 atom stereocenters. The van der Waals surface area contributed by atoms with Gasteiger partial charge in [-0.25, -0.2) is 8.37 Å². The summed E-state index contributed by atoms with van der Waals surface area (Å²) in [5.74, 6) is -4.86. The van der Waals surface area contributed by atoms with Crippen molar-refractivity contribution in [2.45, 2.75) is 32.0 Å². The number of hydrogen-bond acceptors (Lipinski definition) is 6. The quantitative estimate of drug-likeness (QED) is 0.385. The fourth-order valence-electron chi connectivity index (χ4n) is 0.948. The Morgan fingerprint density at radius 2 is 1.10 bits per heavy atom. The Morgan fingerprint density at radius 1 is 0.810 bits per heavy atom. The van der Waals surface area contributed by atoms with Gasteiger partial charge in [-0.3, -0.25) is 0 Å². The minimum absolute atomic E-state index is 0.617. The van der Waals surface area contributed by atoms with Crippen LogP contribution in [0.1, 0.15) is 13.3 Å². The SMILES string of the molecule is CCC(OS(=O)(=O)CC(F)(F)F)OS(=O)(=O)CC(F)(F)F. The first-order valence-electron chi connectivity index (χ1n) is 5.01. The van der Waals surface area contributed by atoms with Crippen LogP contribution in [0.4, 0.5) is 26.3 Å². The maximum atomic E-state index is 11.9. The Hall–Kier alpha value is -0.600. The van der Waals surface area contributed by atoms with Crippen LogP contribution in [-0.4, -0.2) is 47.0 Å². The van der Waals surface area contributed by atoms with E-state index in [2.05, 4.69) is 8.37 Å². The Balaban J connectivity index is 4.90. The molecule has 0 aromatic heterocycles. The van der Waals surface area contributed by atoms with E-state index < -0.39 is 56.8 Å². The summed E-state index contributed by atoms with van der Waals surface area (Å²) in [6.45, 7) is 1.04. The molecule has 0 fully saturated rings. The summed E-state index contributed by atoms with van der Waals surface area (Å²) in [6, 6.07) is 0. The van der Waals surface area contributed by atoms with Gasteiger partial charge in [0.05, 0.1) is 0 Å². The van der Waals surface area contributed by atoms with Gasteiger partial charge >= 0.3 is 12.4 Å². The third-order valence-electron chi connectivity index (χ3n) is 1.52. The molecule has 14 heteroatoms. The number of rotatable bonds is 7. The lowest BCUT2D eigenvalue weighted by Gasteiger charge is -2.17. The lowest BCUT2D eigenvalue weighted by Crippen LogP contribution is -2.33. The molecule has 0 spiro atoms. The van der Waals surface area contributed by atoms with Gasteiger partial charge in [0, 0.05) is 0 Å². The molecule has 0 aliphatic carbocycles. The molecule has 0 aromatic carbocycles. The molecule has 0 N–H and O–H groups in total. The van der Waals surface area contributed by atoms with Gasteiger partial charge in [-0.05, 0) is 6.42 Å². The Bertz CT molecular complexity index is 485. The molecular formula is C7H10F6O6S2. The molecule has 0 aliphatic rings. The molecule has 0 radical (unpaired) electrons. The van der Waals surface area contributed by atoms with Crippen LogP contribution in [0, 0.1) is 0 Å². The summed E-state index contributed by atoms with van der Waals surface area (Å²) in [5, 5.41) is 0. The van der Waals surface area contributed by atoms with Gasteiger partial charge in [0.15, 0.2) is 17.8 Å². The van der Waals surface area contributed by atoms with E-state index in [4.69, 9.17) is 0 Å². The summed E-state index contributed by atoms with van der Waals surface area (Å²) in [5.41, 5.74) is 0. The van der Waals surface area contributed by atoms with E-state index in [0.29, 0.717) is 0 Å². The molecular weight excluding hydrogens is 358 g/mol. The fourth-order valence-corrected chi connectivity index (χ4v) is 2.94. The van der Waals surface area contributed by atoms with Crippen molar-refractivity contribution in [3.05, 3.63) is 0 Å². The Morgan fingerprint density at radius 3 is 1.29 bits per heavy atom. The van der Waals surface area contributed by atoms with E-state index in [1.165, 1.54) is 0 Å². The smallest absolute Gasteiger partial charge is 0.237 e. The highest BCUT2D eigenvalue weighted by atomic mass is 32.2. The minimum Gasteiger partial charge on any atom is -0.237 e. The van der Waals surface area contributed by atoms with Crippen molar-refractivity contribution in [1.82, 2.24) is 0 Å². The predicted octanol–water partition coefficient (Wildman–Crippen LogP) is 1.54. The molecule has 0 amide bonds. The third-order valence-corrected chi connectivity index (χ3v) is 3.90. The summed E-state index contributed by atoms with van der Waals surface area (Å²) in [6.07, 6.45) is -13.3. The normalized spacial score (nSPS) is 14.7. The second kappa shape index (κ2) is 6.66. The van der Waals surface area contributed by atoms with Crippen LogP contribution in [0.5, 0.6) is 0 Å². The monoisotopic (exact) mass is 368 g/mol. The Kier molecular flexibility index (Phi) is 6.47. The van der Waals surface area contributed by atoms with E-state index in [1.54, 1.807) is 0 Å². The second-order valence-corrected chi connectivity index (χ2v) is 6.86. The van der Waals surface area contributed by atoms with E-state index in [1.807, 2.05) is 0 Å². The molecule has 0 bridgehead atoms. The van der Waals surface area contributed by atoms with Gasteiger partial charge < -0.3 is 0 Å². The van der Waals surface area contributed by atoms with Crippen molar-refractivity contribution in [2.75, 3.05) is 11.5 Å². The molecule has 0 aromatic rings. The van der Waals surface area contributed by atoms with Crippen molar-refractivity contribution in [1.29, 1.82) is 0 Å². The van der Waals surface area contributed by atoms with Crippen LogP contribution >= 0.6 is 0 Å². The zero-order valence-electron chi connectivity index (χ0n) is 10.2. The lowest BCUT2D eigenvalue weighted by molar-refractivity contribution is -0.109. The third kappa shape index (κ3) is 10.7. The van der Waals surface area contributed by atoms with Gasteiger partial charge in [0.2, 0.25) is 0 Å². The number of alkyl halides is 6. The van der Waals surface area contributed by atoms with Crippen molar-refractivity contribution >= 4 is 20.2 Å². The van der Waals surface area contributed by atoms with Crippen LogP contribution in [0.2, 0.25) is 0 Å². The average molecular weight is 368 g/mol. The molecule has 6 nitrogen and oxygen atoms in total. The standard InChI is InChI=1S/C7H10F6O6S2/c1-2-5(18-20(14,15)3-6(8,9)10)19-21(16,17)4-7(11,12)13/h5H,2-4H2,1H3. The lowest BCUT2D eigenvalue weighted by atomic mass is 10.5. The van der Waals surface area contributed by atoms with Crippen molar-refractivity contribution in [3.63, 3.8) is 0 Å². The summed E-state index contributed by atoms with van der Waals surface area (Å²) in [4.78, 5) is 0. The van der Waals surface area contributed by atoms with E-state index in [9.17, 15) is 43.2 Å². The van der Waals surface area contributed by atoms with E-state index >= 15 is 0 Å². The largest absolute Gasteiger partial charge is 0.405 e. The van der Waals surface area contributed by atoms with Gasteiger partial charge in [-0.2, -0.15) is 43.2 Å². The van der Waals surface area contributed by atoms with Gasteiger partial charge in [-0.15, -0.1) is 0 Å². The maximum absolute atomic E-state index is 11.9. The summed E-state index contributed by atoms with van der Waals surface area (Å²) in [7, 11) is -10.5. The van der Waals surface area contributed by atoms with Crippen molar-refractivity contribution in [3.8, 4) is 0 Å². The number of halogens is 6. The highest BCUT2D eigenvalue weighted by Gasteiger charge is 2.40. The van der Waals surface area contributed by atoms with Crippen molar-refractivity contribution in [2.24, 2.45) is 0 Å². The van der Waals surface area contributed by atoms with Crippen LogP contribution in [0.25, 0.3) is 0 Å². The molecule has 0 unspecified atom stereocenters. The molecule has 21 heavy (non-hydrogen) atoms. The highest BCUT2D eigenvalue weighted by molar-refractivity contribution is 7.87. The molecule has 0 aliphatic heterocycles. The molecule has 0 saturated carbocycles. The molecule has 0 saturated heterocycles. The first kappa shape index (κ1) is 20.4. The predicted molar refractivity (Wildman–Crippen MR) is 55.9 cm³/mol. The van der Waals surface area contributed by atoms with Gasteiger partial charge in [0.25, 0.3) is 20.2 Å². The highest BCUT2D eigenvalue weighted by Crippen LogP contribution is 2.22. The number of hydrogen-bond donors (Lipinski definition) is 0. The van der Waals surface area contributed by atoms with Crippen LogP contribution in [0.15, 0.2) is 0 Å². The van der Waals surface area contributed by atoms with Gasteiger partial charge in [0.1, 0.15) is 0 Å². The second-order valence-electron chi connectivity index (χ2n) is 3.66. The molecule has 0 heterocycles. The average Bonchev–Trinajstić information content (AvgIpc) is 2.06. The first-order chi connectivity index (χ1) is 9.05.